The summed E-state index contributed by atoms with van der Waals surface area (Å²) < 4.78 is 35.8. The van der Waals surface area contributed by atoms with Crippen molar-refractivity contribution in [2.75, 3.05) is 18.0 Å². The highest BCUT2D eigenvalue weighted by Crippen LogP contribution is 2.34. The summed E-state index contributed by atoms with van der Waals surface area (Å²) >= 11 is 2.19. The number of anilines is 1. The molecule has 176 valence electrons. The molecule has 0 bridgehead atoms. The van der Waals surface area contributed by atoms with Crippen LogP contribution in [0.2, 0.25) is 0 Å². The number of amides is 1. The van der Waals surface area contributed by atoms with E-state index in [0.717, 1.165) is 20.8 Å². The molecule has 4 rings (SSSR count). The van der Waals surface area contributed by atoms with E-state index < -0.39 is 17.2 Å². The van der Waals surface area contributed by atoms with Gasteiger partial charge in [0.05, 0.1) is 11.1 Å². The van der Waals surface area contributed by atoms with Crippen LogP contribution in [-0.2, 0) is 4.74 Å². The second kappa shape index (κ2) is 8.69. The minimum atomic E-state index is -0.656. The Kier molecular flexibility index (Phi) is 6.23. The van der Waals surface area contributed by atoms with Crippen molar-refractivity contribution in [1.29, 1.82) is 0 Å². The van der Waals surface area contributed by atoms with Crippen molar-refractivity contribution < 1.29 is 18.3 Å². The number of aromatic nitrogens is 3. The van der Waals surface area contributed by atoms with Gasteiger partial charge < -0.3 is 14.5 Å². The lowest BCUT2D eigenvalue weighted by atomic mass is 10.1. The molecule has 0 N–H and O–H groups in total. The highest BCUT2D eigenvalue weighted by molar-refractivity contribution is 14.1. The Bertz CT molecular complexity index is 1190. The van der Waals surface area contributed by atoms with Crippen LogP contribution in [0.25, 0.3) is 16.7 Å². The molecule has 1 amide bonds. The fourth-order valence-corrected chi connectivity index (χ4v) is 4.85. The van der Waals surface area contributed by atoms with Gasteiger partial charge >= 0.3 is 6.09 Å². The maximum atomic E-state index is 13.9. The highest BCUT2D eigenvalue weighted by atomic mass is 127. The zero-order chi connectivity index (χ0) is 24.1. The molecule has 2 atom stereocenters. The summed E-state index contributed by atoms with van der Waals surface area (Å²) in [5, 5.41) is 0.799. The first-order valence-electron chi connectivity index (χ1n) is 10.7. The van der Waals surface area contributed by atoms with E-state index in [4.69, 9.17) is 4.74 Å². The summed E-state index contributed by atoms with van der Waals surface area (Å²) in [7, 11) is 0. The minimum absolute atomic E-state index is 0.0300. The van der Waals surface area contributed by atoms with Crippen LogP contribution in [0.1, 0.15) is 34.6 Å². The van der Waals surface area contributed by atoms with Gasteiger partial charge in [-0.05, 0) is 69.3 Å². The fraction of sp³-hybridized carbons (Fsp3) is 0.435. The number of hydrogen-bond acceptors (Lipinski definition) is 5. The number of piperazine rings is 1. The summed E-state index contributed by atoms with van der Waals surface area (Å²) in [5.41, 5.74) is 0.343. The molecule has 3 aromatic rings. The Morgan fingerprint density at radius 2 is 1.76 bits per heavy atom. The topological polar surface area (TPSA) is 63.5 Å². The van der Waals surface area contributed by atoms with E-state index in [1.54, 1.807) is 15.7 Å². The maximum Gasteiger partial charge on any atom is 0.410 e. The number of carbonyl (C=O) groups excluding carboxylic acids is 1. The molecule has 0 radical (unpaired) electrons. The van der Waals surface area contributed by atoms with Crippen LogP contribution >= 0.6 is 22.6 Å². The Balaban J connectivity index is 1.70. The zero-order valence-electron chi connectivity index (χ0n) is 19.1. The van der Waals surface area contributed by atoms with E-state index in [-0.39, 0.29) is 18.2 Å². The van der Waals surface area contributed by atoms with Crippen LogP contribution < -0.4 is 4.90 Å². The molecule has 10 heteroatoms. The average Bonchev–Trinajstić information content (AvgIpc) is 3.04. The third-order valence-electron chi connectivity index (χ3n) is 5.53. The molecule has 1 unspecified atom stereocenters. The zero-order valence-corrected chi connectivity index (χ0v) is 21.3. The molecular formula is C23H26F2IN5O2. The van der Waals surface area contributed by atoms with E-state index in [1.807, 2.05) is 34.6 Å². The number of fused-ring (bicyclic) bond motifs is 1. The standard InChI is InChI=1S/C23H26F2IN5O2/c1-13-10-30(22(32)33-23(3,4)5)14(2)9-29(13)20-19-18(26)11-31(21(19)28-12-27-20)17-7-15(24)6-16(25)8-17/h6-8,11-14H,9-10H2,1-5H3/t13?,14-/m0/s1. The Hall–Kier alpha value is -2.50. The van der Waals surface area contributed by atoms with Gasteiger partial charge in [0.1, 0.15) is 29.4 Å². The average molecular weight is 569 g/mol. The SMILES string of the molecule is CC1CN(C(=O)OC(C)(C)C)[C@@H](C)CN1c1ncnc2c1c(I)cn2-c1cc(F)cc(F)c1. The lowest BCUT2D eigenvalue weighted by Gasteiger charge is -2.44. The molecule has 0 saturated carbocycles. The predicted octanol–water partition coefficient (Wildman–Crippen LogP) is 5.14. The second-order valence-electron chi connectivity index (χ2n) is 9.35. The summed E-state index contributed by atoms with van der Waals surface area (Å²) in [6, 6.07) is 3.25. The fourth-order valence-electron chi connectivity index (χ4n) is 4.09. The molecule has 0 spiro atoms. The van der Waals surface area contributed by atoms with Crippen LogP contribution in [0.5, 0.6) is 0 Å². The van der Waals surface area contributed by atoms with Crippen LogP contribution in [0.3, 0.4) is 0 Å². The van der Waals surface area contributed by atoms with Crippen molar-refractivity contribution in [3.05, 3.63) is 45.9 Å². The molecule has 1 fully saturated rings. The number of carbonyl (C=O) groups is 1. The first-order valence-corrected chi connectivity index (χ1v) is 11.8. The summed E-state index contributed by atoms with van der Waals surface area (Å²) in [6.45, 7) is 10.6. The molecule has 1 aliphatic heterocycles. The Morgan fingerprint density at radius 3 is 2.39 bits per heavy atom. The van der Waals surface area contributed by atoms with Crippen molar-refractivity contribution in [3.63, 3.8) is 0 Å². The van der Waals surface area contributed by atoms with Gasteiger partial charge in [-0.1, -0.05) is 0 Å². The lowest BCUT2D eigenvalue weighted by molar-refractivity contribution is 0.0130. The third-order valence-corrected chi connectivity index (χ3v) is 6.35. The number of nitrogens with zero attached hydrogens (tertiary/aromatic N) is 5. The molecule has 3 heterocycles. The van der Waals surface area contributed by atoms with E-state index in [0.29, 0.717) is 24.4 Å². The van der Waals surface area contributed by atoms with Crippen molar-refractivity contribution in [2.45, 2.75) is 52.3 Å². The normalized spacial score (nSPS) is 19.3. The molecular weight excluding hydrogens is 543 g/mol. The molecule has 0 aliphatic carbocycles. The Morgan fingerprint density at radius 1 is 1.09 bits per heavy atom. The smallest absolute Gasteiger partial charge is 0.410 e. The van der Waals surface area contributed by atoms with E-state index in [1.165, 1.54) is 18.5 Å². The monoisotopic (exact) mass is 569 g/mol. The van der Waals surface area contributed by atoms with Crippen LogP contribution in [-0.4, -0.2) is 56.3 Å². The third kappa shape index (κ3) is 4.75. The number of ether oxygens (including phenoxy) is 1. The second-order valence-corrected chi connectivity index (χ2v) is 10.5. The van der Waals surface area contributed by atoms with Gasteiger partial charge in [-0.2, -0.15) is 0 Å². The predicted molar refractivity (Wildman–Crippen MR) is 131 cm³/mol. The molecule has 33 heavy (non-hydrogen) atoms. The molecule has 1 saturated heterocycles. The maximum absolute atomic E-state index is 13.9. The first kappa shape index (κ1) is 23.7. The van der Waals surface area contributed by atoms with Crippen LogP contribution in [0.15, 0.2) is 30.7 Å². The van der Waals surface area contributed by atoms with Gasteiger partial charge in [-0.25, -0.2) is 23.5 Å². The highest BCUT2D eigenvalue weighted by Gasteiger charge is 2.36. The first-order chi connectivity index (χ1) is 15.4. The van der Waals surface area contributed by atoms with Gasteiger partial charge in [-0.3, -0.25) is 4.57 Å². The molecule has 7 nitrogen and oxygen atoms in total. The number of benzene rings is 1. The van der Waals surface area contributed by atoms with Crippen molar-refractivity contribution in [2.24, 2.45) is 0 Å². The van der Waals surface area contributed by atoms with Crippen molar-refractivity contribution >= 4 is 45.5 Å². The van der Waals surface area contributed by atoms with Gasteiger partial charge in [0.2, 0.25) is 0 Å². The number of halogens is 3. The number of rotatable bonds is 2. The van der Waals surface area contributed by atoms with Crippen LogP contribution in [0, 0.1) is 15.2 Å². The lowest BCUT2D eigenvalue weighted by Crippen LogP contribution is -2.59. The van der Waals surface area contributed by atoms with Crippen molar-refractivity contribution in [1.82, 2.24) is 19.4 Å². The summed E-state index contributed by atoms with van der Waals surface area (Å²) in [4.78, 5) is 25.6. The Labute approximate surface area is 204 Å². The van der Waals surface area contributed by atoms with Gasteiger partial charge in [-0.15, -0.1) is 0 Å². The minimum Gasteiger partial charge on any atom is -0.444 e. The van der Waals surface area contributed by atoms with E-state index >= 15 is 0 Å². The van der Waals surface area contributed by atoms with Crippen LogP contribution in [0.4, 0.5) is 19.4 Å². The largest absolute Gasteiger partial charge is 0.444 e. The summed E-state index contributed by atoms with van der Waals surface area (Å²) in [5.74, 6) is -0.586. The van der Waals surface area contributed by atoms with Gasteiger partial charge in [0, 0.05) is 41.0 Å². The van der Waals surface area contributed by atoms with Gasteiger partial charge in [0.25, 0.3) is 0 Å². The molecule has 1 aromatic carbocycles. The molecule has 2 aromatic heterocycles. The molecule has 1 aliphatic rings. The van der Waals surface area contributed by atoms with E-state index in [2.05, 4.69) is 37.5 Å². The number of hydrogen-bond donors (Lipinski definition) is 0. The quantitative estimate of drug-likeness (QED) is 0.401. The van der Waals surface area contributed by atoms with Crippen molar-refractivity contribution in [3.8, 4) is 5.69 Å². The summed E-state index contributed by atoms with van der Waals surface area (Å²) in [6.07, 6.45) is 2.92. The van der Waals surface area contributed by atoms with Gasteiger partial charge in [0.15, 0.2) is 5.65 Å². The van der Waals surface area contributed by atoms with E-state index in [9.17, 15) is 13.6 Å².